The summed E-state index contributed by atoms with van der Waals surface area (Å²) >= 11 is 0. The van der Waals surface area contributed by atoms with Crippen LogP contribution >= 0.6 is 0 Å². The molecule has 0 aromatic heterocycles. The molecule has 0 aliphatic heterocycles. The first kappa shape index (κ1) is 20.1. The number of carbonyl (C=O) groups excluding carboxylic acids is 2. The van der Waals surface area contributed by atoms with Gasteiger partial charge in [0.2, 0.25) is 0 Å². The lowest BCUT2D eigenvalue weighted by molar-refractivity contribution is -0.147. The number of carboxylic acids is 1. The van der Waals surface area contributed by atoms with E-state index in [1.54, 1.807) is 32.0 Å². The highest BCUT2D eigenvalue weighted by Gasteiger charge is 2.26. The number of hydrogen-bond acceptors (Lipinski definition) is 3. The summed E-state index contributed by atoms with van der Waals surface area (Å²) in [5, 5.41) is 14.4. The van der Waals surface area contributed by atoms with Gasteiger partial charge in [0.25, 0.3) is 11.8 Å². The van der Waals surface area contributed by atoms with Crippen molar-refractivity contribution in [2.45, 2.75) is 20.3 Å². The van der Waals surface area contributed by atoms with E-state index < -0.39 is 23.1 Å². The van der Waals surface area contributed by atoms with Gasteiger partial charge in [-0.05, 0) is 62.7 Å². The molecule has 0 bridgehead atoms. The highest BCUT2D eigenvalue weighted by Crippen LogP contribution is 2.19. The molecule has 0 fully saturated rings. The van der Waals surface area contributed by atoms with Crippen LogP contribution in [0.4, 0.5) is 10.1 Å². The van der Waals surface area contributed by atoms with E-state index in [1.807, 2.05) is 0 Å². The fraction of sp³-hybridized carbons (Fsp3) is 0.250. The average Bonchev–Trinajstić information content (AvgIpc) is 2.62. The molecule has 0 saturated carbocycles. The molecule has 0 aliphatic carbocycles. The predicted octanol–water partition coefficient (Wildman–Crippen LogP) is 3.31. The Morgan fingerprint density at radius 2 is 1.67 bits per heavy atom. The van der Waals surface area contributed by atoms with Gasteiger partial charge in [0.1, 0.15) is 5.82 Å². The van der Waals surface area contributed by atoms with Crippen LogP contribution in [0.15, 0.2) is 48.5 Å². The SMILES string of the molecule is CC(C)(CCNC(=O)c1cccc(NC(=O)c2ccc(F)cc2)c1)C(=O)O. The van der Waals surface area contributed by atoms with Crippen molar-refractivity contribution in [1.82, 2.24) is 5.32 Å². The van der Waals surface area contributed by atoms with Crippen molar-refractivity contribution in [2.24, 2.45) is 5.41 Å². The third kappa shape index (κ3) is 5.64. The number of hydrogen-bond donors (Lipinski definition) is 3. The van der Waals surface area contributed by atoms with E-state index in [9.17, 15) is 18.8 Å². The molecule has 3 N–H and O–H groups in total. The number of amides is 2. The number of aliphatic carboxylic acids is 1. The van der Waals surface area contributed by atoms with Crippen LogP contribution in [-0.4, -0.2) is 29.4 Å². The molecule has 2 rings (SSSR count). The van der Waals surface area contributed by atoms with E-state index in [0.717, 1.165) is 0 Å². The highest BCUT2D eigenvalue weighted by atomic mass is 19.1. The summed E-state index contributed by atoms with van der Waals surface area (Å²) in [6, 6.07) is 11.5. The van der Waals surface area contributed by atoms with Crippen molar-refractivity contribution in [2.75, 3.05) is 11.9 Å². The molecule has 2 aromatic rings. The van der Waals surface area contributed by atoms with E-state index in [0.29, 0.717) is 16.8 Å². The Bertz CT molecular complexity index is 847. The molecule has 0 heterocycles. The van der Waals surface area contributed by atoms with Crippen LogP contribution in [0.5, 0.6) is 0 Å². The Morgan fingerprint density at radius 1 is 1.00 bits per heavy atom. The maximum absolute atomic E-state index is 12.9. The highest BCUT2D eigenvalue weighted by molar-refractivity contribution is 6.05. The van der Waals surface area contributed by atoms with Crippen LogP contribution in [0, 0.1) is 11.2 Å². The summed E-state index contributed by atoms with van der Waals surface area (Å²) in [5.74, 6) is -2.15. The van der Waals surface area contributed by atoms with Crippen molar-refractivity contribution in [3.8, 4) is 0 Å². The van der Waals surface area contributed by atoms with Crippen LogP contribution in [0.3, 0.4) is 0 Å². The number of carboxylic acid groups (broad SMARTS) is 1. The third-order valence-corrected chi connectivity index (χ3v) is 4.10. The van der Waals surface area contributed by atoms with Gasteiger partial charge in [-0.2, -0.15) is 0 Å². The van der Waals surface area contributed by atoms with E-state index in [2.05, 4.69) is 10.6 Å². The van der Waals surface area contributed by atoms with E-state index in [4.69, 9.17) is 5.11 Å². The van der Waals surface area contributed by atoms with Crippen molar-refractivity contribution in [1.29, 1.82) is 0 Å². The van der Waals surface area contributed by atoms with Gasteiger partial charge in [0, 0.05) is 23.4 Å². The minimum atomic E-state index is -0.932. The molecule has 0 atom stereocenters. The average molecular weight is 372 g/mol. The van der Waals surface area contributed by atoms with Gasteiger partial charge in [-0.1, -0.05) is 6.07 Å². The van der Waals surface area contributed by atoms with Gasteiger partial charge in [-0.3, -0.25) is 14.4 Å². The maximum atomic E-state index is 12.9. The molecule has 0 unspecified atom stereocenters. The zero-order chi connectivity index (χ0) is 20.0. The van der Waals surface area contributed by atoms with Crippen LogP contribution in [0.2, 0.25) is 0 Å². The fourth-order valence-electron chi connectivity index (χ4n) is 2.24. The fourth-order valence-corrected chi connectivity index (χ4v) is 2.24. The second-order valence-corrected chi connectivity index (χ2v) is 6.74. The van der Waals surface area contributed by atoms with Crippen LogP contribution < -0.4 is 10.6 Å². The zero-order valence-corrected chi connectivity index (χ0v) is 15.1. The normalized spacial score (nSPS) is 10.9. The second-order valence-electron chi connectivity index (χ2n) is 6.74. The summed E-state index contributed by atoms with van der Waals surface area (Å²) in [5.41, 5.74) is 0.114. The molecule has 27 heavy (non-hydrogen) atoms. The van der Waals surface area contributed by atoms with Crippen molar-refractivity contribution in [3.63, 3.8) is 0 Å². The minimum absolute atomic E-state index is 0.213. The molecule has 7 heteroatoms. The summed E-state index contributed by atoms with van der Waals surface area (Å²) in [7, 11) is 0. The van der Waals surface area contributed by atoms with E-state index in [-0.39, 0.29) is 18.9 Å². The number of carbonyl (C=O) groups is 3. The lowest BCUT2D eigenvalue weighted by Crippen LogP contribution is -2.32. The molecular weight excluding hydrogens is 351 g/mol. The number of benzene rings is 2. The Kier molecular flexibility index (Phi) is 6.28. The summed E-state index contributed by atoms with van der Waals surface area (Å²) < 4.78 is 12.9. The van der Waals surface area contributed by atoms with E-state index >= 15 is 0 Å². The van der Waals surface area contributed by atoms with Gasteiger partial charge in [-0.15, -0.1) is 0 Å². The summed E-state index contributed by atoms with van der Waals surface area (Å²) in [6.07, 6.45) is 0.287. The summed E-state index contributed by atoms with van der Waals surface area (Å²) in [4.78, 5) is 35.5. The Hall–Kier alpha value is -3.22. The van der Waals surface area contributed by atoms with Gasteiger partial charge in [0.05, 0.1) is 5.41 Å². The lowest BCUT2D eigenvalue weighted by Gasteiger charge is -2.19. The first-order valence-corrected chi connectivity index (χ1v) is 8.37. The first-order valence-electron chi connectivity index (χ1n) is 8.37. The Labute approximate surface area is 156 Å². The standard InChI is InChI=1S/C20H21FN2O4/c1-20(2,19(26)27)10-11-22-17(24)14-4-3-5-16(12-14)23-18(25)13-6-8-15(21)9-7-13/h3-9,12H,10-11H2,1-2H3,(H,22,24)(H,23,25)(H,26,27). The van der Waals surface area contributed by atoms with Crippen molar-refractivity contribution >= 4 is 23.5 Å². The quantitative estimate of drug-likeness (QED) is 0.695. The van der Waals surface area contributed by atoms with Crippen molar-refractivity contribution in [3.05, 3.63) is 65.5 Å². The Morgan fingerprint density at radius 3 is 2.30 bits per heavy atom. The Balaban J connectivity index is 1.98. The molecular formula is C20H21FN2O4. The molecule has 0 spiro atoms. The number of halogens is 1. The monoisotopic (exact) mass is 372 g/mol. The third-order valence-electron chi connectivity index (χ3n) is 4.10. The number of anilines is 1. The zero-order valence-electron chi connectivity index (χ0n) is 15.1. The first-order chi connectivity index (χ1) is 12.7. The minimum Gasteiger partial charge on any atom is -0.481 e. The maximum Gasteiger partial charge on any atom is 0.309 e. The largest absolute Gasteiger partial charge is 0.481 e. The van der Waals surface area contributed by atoms with Crippen LogP contribution in [0.1, 0.15) is 41.0 Å². The second kappa shape index (κ2) is 8.44. The van der Waals surface area contributed by atoms with Gasteiger partial charge < -0.3 is 15.7 Å². The van der Waals surface area contributed by atoms with Crippen molar-refractivity contribution < 1.29 is 23.9 Å². The lowest BCUT2D eigenvalue weighted by atomic mass is 9.90. The molecule has 2 amide bonds. The molecule has 0 radical (unpaired) electrons. The molecule has 6 nitrogen and oxygen atoms in total. The topological polar surface area (TPSA) is 95.5 Å². The summed E-state index contributed by atoms with van der Waals surface area (Å²) in [6.45, 7) is 3.39. The molecule has 0 saturated heterocycles. The number of nitrogens with one attached hydrogen (secondary N) is 2. The van der Waals surface area contributed by atoms with Crippen LogP contribution in [0.25, 0.3) is 0 Å². The smallest absolute Gasteiger partial charge is 0.309 e. The van der Waals surface area contributed by atoms with Gasteiger partial charge in [0.15, 0.2) is 0 Å². The van der Waals surface area contributed by atoms with Crippen LogP contribution in [-0.2, 0) is 4.79 Å². The predicted molar refractivity (Wildman–Crippen MR) is 99.2 cm³/mol. The van der Waals surface area contributed by atoms with E-state index in [1.165, 1.54) is 30.3 Å². The number of rotatable bonds is 7. The molecule has 0 aliphatic rings. The molecule has 2 aromatic carbocycles. The van der Waals surface area contributed by atoms with Gasteiger partial charge in [-0.25, -0.2) is 4.39 Å². The van der Waals surface area contributed by atoms with Gasteiger partial charge >= 0.3 is 5.97 Å². The molecule has 142 valence electrons.